The van der Waals surface area contributed by atoms with Crippen LogP contribution in [-0.2, 0) is 16.1 Å². The topological polar surface area (TPSA) is 71.9 Å². The van der Waals surface area contributed by atoms with Gasteiger partial charge in [0.05, 0.1) is 12.2 Å². The Bertz CT molecular complexity index is 826. The first kappa shape index (κ1) is 16.5. The fourth-order valence-corrected chi connectivity index (χ4v) is 3.99. The van der Waals surface area contributed by atoms with Crippen molar-refractivity contribution in [1.82, 2.24) is 20.1 Å². The van der Waals surface area contributed by atoms with Gasteiger partial charge in [-0.05, 0) is 38.4 Å². The maximum Gasteiger partial charge on any atom is 0.240 e. The number of hydrogen-bond donors (Lipinski definition) is 2. The van der Waals surface area contributed by atoms with Gasteiger partial charge in [-0.15, -0.1) is 0 Å². The first-order valence-corrected chi connectivity index (χ1v) is 9.15. The predicted octanol–water partition coefficient (Wildman–Crippen LogP) is 2.60. The third kappa shape index (κ3) is 3.39. The maximum absolute atomic E-state index is 12.4. The molecule has 132 valence electrons. The Morgan fingerprint density at radius 1 is 1.40 bits per heavy atom. The molecule has 2 aromatic rings. The minimum Gasteiger partial charge on any atom is -0.375 e. The summed E-state index contributed by atoms with van der Waals surface area (Å²) in [7, 11) is 0. The summed E-state index contributed by atoms with van der Waals surface area (Å²) in [6.07, 6.45) is 4.08. The van der Waals surface area contributed by atoms with E-state index in [0.29, 0.717) is 35.3 Å². The van der Waals surface area contributed by atoms with Gasteiger partial charge in [-0.2, -0.15) is 5.10 Å². The SMILES string of the molecule is Cc1ccc(-c2n[nH]c(=S)n2CC(=O)NCC2CC3CCC2O3)cc1. The Kier molecular flexibility index (Phi) is 4.43. The third-order valence-electron chi connectivity index (χ3n) is 5.16. The van der Waals surface area contributed by atoms with Gasteiger partial charge in [-0.25, -0.2) is 0 Å². The van der Waals surface area contributed by atoms with Crippen LogP contribution < -0.4 is 5.32 Å². The number of aryl methyl sites for hydroxylation is 1. The first-order valence-electron chi connectivity index (χ1n) is 8.74. The van der Waals surface area contributed by atoms with E-state index >= 15 is 0 Å². The molecular formula is C18H22N4O2S. The van der Waals surface area contributed by atoms with Gasteiger partial charge in [0, 0.05) is 18.0 Å². The molecule has 2 aliphatic heterocycles. The second kappa shape index (κ2) is 6.72. The number of benzene rings is 1. The fourth-order valence-electron chi connectivity index (χ4n) is 3.79. The minimum atomic E-state index is -0.0476. The van der Waals surface area contributed by atoms with E-state index in [1.54, 1.807) is 4.57 Å². The van der Waals surface area contributed by atoms with Crippen LogP contribution in [0.25, 0.3) is 11.4 Å². The monoisotopic (exact) mass is 358 g/mol. The summed E-state index contributed by atoms with van der Waals surface area (Å²) in [6.45, 7) is 2.87. The highest BCUT2D eigenvalue weighted by atomic mass is 32.1. The van der Waals surface area contributed by atoms with Crippen molar-refractivity contribution in [2.45, 2.75) is 44.9 Å². The lowest BCUT2D eigenvalue weighted by Crippen LogP contribution is -2.35. The number of nitrogens with one attached hydrogen (secondary N) is 2. The summed E-state index contributed by atoms with van der Waals surface area (Å²) in [5.41, 5.74) is 2.11. The number of hydrogen-bond acceptors (Lipinski definition) is 4. The van der Waals surface area contributed by atoms with Gasteiger partial charge in [0.1, 0.15) is 6.54 Å². The van der Waals surface area contributed by atoms with Crippen LogP contribution in [0.3, 0.4) is 0 Å². The zero-order valence-electron chi connectivity index (χ0n) is 14.2. The minimum absolute atomic E-state index is 0.0476. The molecule has 0 aliphatic carbocycles. The summed E-state index contributed by atoms with van der Waals surface area (Å²) in [5, 5.41) is 10.1. The zero-order chi connectivity index (χ0) is 17.4. The van der Waals surface area contributed by atoms with Crippen molar-refractivity contribution in [1.29, 1.82) is 0 Å². The Labute approximate surface area is 151 Å². The molecule has 6 nitrogen and oxygen atoms in total. The molecule has 2 bridgehead atoms. The quantitative estimate of drug-likeness (QED) is 0.806. The number of fused-ring (bicyclic) bond motifs is 2. The van der Waals surface area contributed by atoms with Crippen LogP contribution in [0.15, 0.2) is 24.3 Å². The molecule has 7 heteroatoms. The second-order valence-electron chi connectivity index (χ2n) is 6.98. The average molecular weight is 358 g/mol. The highest BCUT2D eigenvalue weighted by Crippen LogP contribution is 2.38. The number of H-pyrrole nitrogens is 1. The highest BCUT2D eigenvalue weighted by molar-refractivity contribution is 7.71. The molecule has 4 rings (SSSR count). The van der Waals surface area contributed by atoms with E-state index in [-0.39, 0.29) is 12.5 Å². The normalized spacial score (nSPS) is 24.6. The number of aromatic nitrogens is 3. The van der Waals surface area contributed by atoms with Crippen LogP contribution in [-0.4, -0.2) is 39.4 Å². The van der Waals surface area contributed by atoms with Crippen molar-refractivity contribution in [2.75, 3.05) is 6.54 Å². The van der Waals surface area contributed by atoms with E-state index in [0.717, 1.165) is 18.4 Å². The van der Waals surface area contributed by atoms with Crippen LogP contribution in [0.2, 0.25) is 0 Å². The number of carbonyl (C=O) groups is 1. The van der Waals surface area contributed by atoms with E-state index in [2.05, 4.69) is 15.5 Å². The van der Waals surface area contributed by atoms with Crippen LogP contribution in [0, 0.1) is 17.6 Å². The predicted molar refractivity (Wildman–Crippen MR) is 96.6 cm³/mol. The summed E-state index contributed by atoms with van der Waals surface area (Å²) in [4.78, 5) is 12.4. The van der Waals surface area contributed by atoms with Crippen molar-refractivity contribution in [3.63, 3.8) is 0 Å². The largest absolute Gasteiger partial charge is 0.375 e. The van der Waals surface area contributed by atoms with Crippen molar-refractivity contribution >= 4 is 18.1 Å². The van der Waals surface area contributed by atoms with E-state index in [9.17, 15) is 4.79 Å². The molecule has 0 saturated carbocycles. The molecule has 0 radical (unpaired) electrons. The summed E-state index contributed by atoms with van der Waals surface area (Å²) in [5.74, 6) is 1.08. The summed E-state index contributed by atoms with van der Waals surface area (Å²) in [6, 6.07) is 8.02. The number of rotatable bonds is 5. The molecule has 1 aromatic heterocycles. The molecule has 2 aliphatic rings. The van der Waals surface area contributed by atoms with E-state index < -0.39 is 0 Å². The molecular weight excluding hydrogens is 336 g/mol. The Morgan fingerprint density at radius 3 is 2.88 bits per heavy atom. The average Bonchev–Trinajstić information content (AvgIpc) is 3.31. The molecule has 3 unspecified atom stereocenters. The molecule has 1 amide bonds. The second-order valence-corrected chi connectivity index (χ2v) is 7.36. The van der Waals surface area contributed by atoms with Gasteiger partial charge in [0.15, 0.2) is 10.6 Å². The molecule has 0 spiro atoms. The zero-order valence-corrected chi connectivity index (χ0v) is 15.0. The van der Waals surface area contributed by atoms with E-state index in [4.69, 9.17) is 17.0 Å². The van der Waals surface area contributed by atoms with E-state index in [1.807, 2.05) is 31.2 Å². The van der Waals surface area contributed by atoms with Gasteiger partial charge in [-0.1, -0.05) is 29.8 Å². The van der Waals surface area contributed by atoms with Gasteiger partial charge in [-0.3, -0.25) is 14.5 Å². The van der Waals surface area contributed by atoms with Crippen molar-refractivity contribution in [3.8, 4) is 11.4 Å². The van der Waals surface area contributed by atoms with Crippen LogP contribution >= 0.6 is 12.2 Å². The molecule has 2 N–H and O–H groups in total. The fraction of sp³-hybridized carbons (Fsp3) is 0.500. The molecule has 1 aromatic carbocycles. The molecule has 3 heterocycles. The molecule has 2 fully saturated rings. The van der Waals surface area contributed by atoms with Gasteiger partial charge in [0.2, 0.25) is 5.91 Å². The Hall–Kier alpha value is -1.99. The van der Waals surface area contributed by atoms with Crippen molar-refractivity contribution in [2.24, 2.45) is 5.92 Å². The number of amides is 1. The lowest BCUT2D eigenvalue weighted by molar-refractivity contribution is -0.121. The van der Waals surface area contributed by atoms with Crippen LogP contribution in [0.1, 0.15) is 24.8 Å². The lowest BCUT2D eigenvalue weighted by atomic mass is 9.89. The Morgan fingerprint density at radius 2 is 2.20 bits per heavy atom. The first-order chi connectivity index (χ1) is 12.1. The number of aromatic amines is 1. The van der Waals surface area contributed by atoms with Crippen LogP contribution in [0.5, 0.6) is 0 Å². The summed E-state index contributed by atoms with van der Waals surface area (Å²) >= 11 is 5.30. The number of carbonyl (C=O) groups excluding carboxylic acids is 1. The maximum atomic E-state index is 12.4. The molecule has 3 atom stereocenters. The Balaban J connectivity index is 1.42. The van der Waals surface area contributed by atoms with Gasteiger partial charge in [0.25, 0.3) is 0 Å². The molecule has 25 heavy (non-hydrogen) atoms. The lowest BCUT2D eigenvalue weighted by Gasteiger charge is -2.19. The van der Waals surface area contributed by atoms with Crippen molar-refractivity contribution < 1.29 is 9.53 Å². The number of nitrogens with zero attached hydrogens (tertiary/aromatic N) is 2. The highest BCUT2D eigenvalue weighted by Gasteiger charge is 2.40. The van der Waals surface area contributed by atoms with E-state index in [1.165, 1.54) is 12.0 Å². The van der Waals surface area contributed by atoms with Crippen LogP contribution in [0.4, 0.5) is 0 Å². The van der Waals surface area contributed by atoms with Gasteiger partial charge < -0.3 is 10.1 Å². The third-order valence-corrected chi connectivity index (χ3v) is 5.47. The smallest absolute Gasteiger partial charge is 0.240 e. The van der Waals surface area contributed by atoms with Crippen molar-refractivity contribution in [3.05, 3.63) is 34.6 Å². The van der Waals surface area contributed by atoms with Gasteiger partial charge >= 0.3 is 0 Å². The standard InChI is InChI=1S/C18H22N4O2S/c1-11-2-4-12(5-3-11)17-20-21-18(25)22(17)10-16(23)19-9-13-8-14-6-7-15(13)24-14/h2-5,13-15H,6-10H2,1H3,(H,19,23)(H,21,25). The molecule has 2 saturated heterocycles. The summed E-state index contributed by atoms with van der Waals surface area (Å²) < 4.78 is 8.04. The number of ether oxygens (including phenoxy) is 1.